The third kappa shape index (κ3) is 6.83. The molecule has 0 fully saturated rings. The van der Waals surface area contributed by atoms with E-state index in [9.17, 15) is 18.0 Å². The van der Waals surface area contributed by atoms with Crippen LogP contribution in [0.3, 0.4) is 0 Å². The van der Waals surface area contributed by atoms with Crippen molar-refractivity contribution in [1.82, 2.24) is 4.57 Å². The highest BCUT2D eigenvalue weighted by Crippen LogP contribution is 2.20. The minimum Gasteiger partial charge on any atom is -0.462 e. The van der Waals surface area contributed by atoms with E-state index in [0.29, 0.717) is 35.7 Å². The van der Waals surface area contributed by atoms with Gasteiger partial charge in [-0.2, -0.15) is 4.99 Å². The number of aromatic nitrogens is 1. The van der Waals surface area contributed by atoms with Crippen molar-refractivity contribution in [1.29, 1.82) is 0 Å². The first-order valence-corrected chi connectivity index (χ1v) is 13.2. The van der Waals surface area contributed by atoms with Crippen molar-refractivity contribution in [3.63, 3.8) is 0 Å². The van der Waals surface area contributed by atoms with Gasteiger partial charge in [0.2, 0.25) is 0 Å². The number of benzene rings is 2. The van der Waals surface area contributed by atoms with Gasteiger partial charge in [0.1, 0.15) is 5.75 Å². The number of carbonyl (C=O) groups is 2. The van der Waals surface area contributed by atoms with E-state index in [-0.39, 0.29) is 12.4 Å². The summed E-state index contributed by atoms with van der Waals surface area (Å²) in [4.78, 5) is 29.1. The van der Waals surface area contributed by atoms with Gasteiger partial charge in [0, 0.05) is 13.2 Å². The Labute approximate surface area is 196 Å². The SMILES string of the molecule is CCOCCn1c(=NC(=O)CS(=O)(=O)Cc2ccccc2)sc2cc(C(=O)OCC)ccc21. The lowest BCUT2D eigenvalue weighted by molar-refractivity contribution is -0.115. The highest BCUT2D eigenvalue weighted by atomic mass is 32.2. The molecule has 2 aromatic carbocycles. The van der Waals surface area contributed by atoms with Gasteiger partial charge >= 0.3 is 5.97 Å². The Morgan fingerprint density at radius 1 is 1.06 bits per heavy atom. The molecule has 3 aromatic rings. The molecule has 0 saturated heterocycles. The highest BCUT2D eigenvalue weighted by Gasteiger charge is 2.18. The Hall–Kier alpha value is -2.82. The summed E-state index contributed by atoms with van der Waals surface area (Å²) in [5.41, 5.74) is 1.78. The van der Waals surface area contributed by atoms with E-state index in [0.717, 1.165) is 10.2 Å². The van der Waals surface area contributed by atoms with Crippen molar-refractivity contribution >= 4 is 43.3 Å². The van der Waals surface area contributed by atoms with Crippen molar-refractivity contribution < 1.29 is 27.5 Å². The Kier molecular flexibility index (Phi) is 8.54. The number of sulfone groups is 1. The molecule has 0 spiro atoms. The van der Waals surface area contributed by atoms with Crippen LogP contribution in [0.4, 0.5) is 0 Å². The van der Waals surface area contributed by atoms with Crippen molar-refractivity contribution in [3.05, 3.63) is 64.5 Å². The van der Waals surface area contributed by atoms with Gasteiger partial charge in [-0.1, -0.05) is 41.7 Å². The van der Waals surface area contributed by atoms with E-state index >= 15 is 0 Å². The smallest absolute Gasteiger partial charge is 0.338 e. The van der Waals surface area contributed by atoms with Crippen LogP contribution in [0.2, 0.25) is 0 Å². The zero-order valence-electron chi connectivity index (χ0n) is 18.5. The summed E-state index contributed by atoms with van der Waals surface area (Å²) >= 11 is 1.21. The van der Waals surface area contributed by atoms with E-state index < -0.39 is 27.5 Å². The van der Waals surface area contributed by atoms with Crippen molar-refractivity contribution in [2.75, 3.05) is 25.6 Å². The predicted octanol–water partition coefficient (Wildman–Crippen LogP) is 2.96. The minimum absolute atomic E-state index is 0.227. The van der Waals surface area contributed by atoms with Crippen LogP contribution in [0.5, 0.6) is 0 Å². The number of hydrogen-bond donors (Lipinski definition) is 0. The normalized spacial score (nSPS) is 12.2. The lowest BCUT2D eigenvalue weighted by atomic mass is 10.2. The largest absolute Gasteiger partial charge is 0.462 e. The number of ether oxygens (including phenoxy) is 2. The molecule has 8 nitrogen and oxygen atoms in total. The fourth-order valence-corrected chi connectivity index (χ4v) is 5.58. The van der Waals surface area contributed by atoms with Gasteiger partial charge in [0.25, 0.3) is 5.91 Å². The van der Waals surface area contributed by atoms with Gasteiger partial charge in [-0.25, -0.2) is 13.2 Å². The van der Waals surface area contributed by atoms with E-state index in [4.69, 9.17) is 9.47 Å². The third-order valence-electron chi connectivity index (χ3n) is 4.65. The molecular formula is C23H26N2O6S2. The van der Waals surface area contributed by atoms with Crippen molar-refractivity contribution in [3.8, 4) is 0 Å². The predicted molar refractivity (Wildman–Crippen MR) is 127 cm³/mol. The second-order valence-electron chi connectivity index (χ2n) is 7.16. The Morgan fingerprint density at radius 2 is 1.82 bits per heavy atom. The van der Waals surface area contributed by atoms with Crippen LogP contribution in [0.25, 0.3) is 10.2 Å². The molecule has 0 aliphatic rings. The highest BCUT2D eigenvalue weighted by molar-refractivity contribution is 7.91. The molecule has 3 rings (SSSR count). The topological polar surface area (TPSA) is 104 Å². The molecule has 0 aliphatic heterocycles. The lowest BCUT2D eigenvalue weighted by Crippen LogP contribution is -2.23. The number of carbonyl (C=O) groups excluding carboxylic acids is 2. The average molecular weight is 491 g/mol. The Morgan fingerprint density at radius 3 is 2.52 bits per heavy atom. The number of esters is 1. The first-order valence-electron chi connectivity index (χ1n) is 10.5. The molecule has 0 saturated carbocycles. The van der Waals surface area contributed by atoms with Crippen LogP contribution in [0, 0.1) is 0 Å². The van der Waals surface area contributed by atoms with Crippen LogP contribution in [-0.4, -0.2) is 50.4 Å². The minimum atomic E-state index is -3.68. The number of nitrogens with zero attached hydrogens (tertiary/aromatic N) is 2. The maximum atomic E-state index is 12.6. The number of hydrogen-bond acceptors (Lipinski definition) is 7. The van der Waals surface area contributed by atoms with Crippen LogP contribution in [0.1, 0.15) is 29.8 Å². The van der Waals surface area contributed by atoms with E-state index in [1.54, 1.807) is 60.0 Å². The summed E-state index contributed by atoms with van der Waals surface area (Å²) in [7, 11) is -3.68. The van der Waals surface area contributed by atoms with Crippen molar-refractivity contribution in [2.45, 2.75) is 26.1 Å². The maximum absolute atomic E-state index is 12.6. The number of fused-ring (bicyclic) bond motifs is 1. The summed E-state index contributed by atoms with van der Waals surface area (Å²) in [6, 6.07) is 13.8. The fraction of sp³-hybridized carbons (Fsp3) is 0.348. The molecule has 1 aromatic heterocycles. The molecule has 10 heteroatoms. The summed E-state index contributed by atoms with van der Waals surface area (Å²) in [6.45, 7) is 5.25. The van der Waals surface area contributed by atoms with Crippen molar-refractivity contribution in [2.24, 2.45) is 4.99 Å². The number of amides is 1. The zero-order chi connectivity index (χ0) is 23.8. The Balaban J connectivity index is 1.92. The molecule has 0 unspecified atom stereocenters. The van der Waals surface area contributed by atoms with Gasteiger partial charge in [0.05, 0.1) is 34.7 Å². The monoisotopic (exact) mass is 490 g/mol. The molecular weight excluding hydrogens is 464 g/mol. The van der Waals surface area contributed by atoms with E-state index in [1.807, 2.05) is 6.92 Å². The molecule has 1 amide bonds. The Bertz CT molecular complexity index is 1290. The fourth-order valence-electron chi connectivity index (χ4n) is 3.22. The summed E-state index contributed by atoms with van der Waals surface area (Å²) in [5, 5.41) is 0. The van der Waals surface area contributed by atoms with Crippen LogP contribution < -0.4 is 4.80 Å². The van der Waals surface area contributed by atoms with Gasteiger partial charge < -0.3 is 14.0 Å². The molecule has 33 heavy (non-hydrogen) atoms. The molecule has 0 aliphatic carbocycles. The van der Waals surface area contributed by atoms with Crippen LogP contribution in [-0.2, 0) is 36.4 Å². The second kappa shape index (κ2) is 11.4. The first-order chi connectivity index (χ1) is 15.8. The maximum Gasteiger partial charge on any atom is 0.338 e. The molecule has 0 N–H and O–H groups in total. The van der Waals surface area contributed by atoms with E-state index in [2.05, 4.69) is 4.99 Å². The quantitative estimate of drug-likeness (QED) is 0.320. The second-order valence-corrected chi connectivity index (χ2v) is 10.2. The molecule has 1 heterocycles. The summed E-state index contributed by atoms with van der Waals surface area (Å²) in [5.74, 6) is -2.09. The number of rotatable bonds is 10. The molecule has 0 bridgehead atoms. The standard InChI is InChI=1S/C23H26N2O6S2/c1-3-30-13-12-25-19-11-10-18(22(27)31-4-2)14-20(19)32-23(25)24-21(26)16-33(28,29)15-17-8-6-5-7-9-17/h5-11,14H,3-4,12-13,15-16H2,1-2H3. The summed E-state index contributed by atoms with van der Waals surface area (Å²) < 4.78 is 38.0. The molecule has 0 atom stereocenters. The average Bonchev–Trinajstić information content (AvgIpc) is 3.10. The van der Waals surface area contributed by atoms with E-state index in [1.165, 1.54) is 11.3 Å². The van der Waals surface area contributed by atoms with Crippen LogP contribution >= 0.6 is 11.3 Å². The number of thiazole rings is 1. The van der Waals surface area contributed by atoms with Gasteiger partial charge in [-0.3, -0.25) is 4.79 Å². The summed E-state index contributed by atoms with van der Waals surface area (Å²) in [6.07, 6.45) is 0. The van der Waals surface area contributed by atoms with Gasteiger partial charge in [-0.05, 0) is 37.6 Å². The third-order valence-corrected chi connectivity index (χ3v) is 7.15. The van der Waals surface area contributed by atoms with Gasteiger partial charge in [-0.15, -0.1) is 0 Å². The zero-order valence-corrected chi connectivity index (χ0v) is 20.2. The molecule has 176 valence electrons. The van der Waals surface area contributed by atoms with Gasteiger partial charge in [0.15, 0.2) is 14.6 Å². The molecule has 0 radical (unpaired) electrons. The van der Waals surface area contributed by atoms with Crippen LogP contribution in [0.15, 0.2) is 53.5 Å². The first kappa shape index (κ1) is 24.8. The lowest BCUT2D eigenvalue weighted by Gasteiger charge is -2.06.